The number of anilines is 2. The molecule has 1 amide bonds. The van der Waals surface area contributed by atoms with Crippen LogP contribution in [0.5, 0.6) is 0 Å². The highest BCUT2D eigenvalue weighted by molar-refractivity contribution is 7.85. The zero-order valence-corrected chi connectivity index (χ0v) is 22.5. The van der Waals surface area contributed by atoms with E-state index in [1.807, 2.05) is 0 Å². The Labute approximate surface area is 228 Å². The number of nitrogens with one attached hydrogen (secondary N) is 2. The van der Waals surface area contributed by atoms with Crippen LogP contribution in [0.1, 0.15) is 34.0 Å². The molecule has 1 fully saturated rings. The number of hydrogen-bond donors (Lipinski definition) is 4. The van der Waals surface area contributed by atoms with Crippen molar-refractivity contribution in [2.45, 2.75) is 25.0 Å². The monoisotopic (exact) mass is 581 g/mol. The third-order valence-electron chi connectivity index (χ3n) is 6.46. The maximum absolute atomic E-state index is 16.0. The van der Waals surface area contributed by atoms with E-state index < -0.39 is 33.1 Å². The first-order chi connectivity index (χ1) is 18.3. The lowest BCUT2D eigenvalue weighted by atomic mass is 9.71. The van der Waals surface area contributed by atoms with Crippen LogP contribution in [0.15, 0.2) is 42.7 Å². The molecule has 0 bridgehead atoms. The number of fused-ring (bicyclic) bond motifs is 1. The van der Waals surface area contributed by atoms with E-state index in [4.69, 9.17) is 16.2 Å². The average Bonchev–Trinajstić information content (AvgIpc) is 2.85. The summed E-state index contributed by atoms with van der Waals surface area (Å²) in [5, 5.41) is 15.4. The van der Waals surface area contributed by atoms with Crippen LogP contribution in [0, 0.1) is 11.6 Å². The zero-order valence-electron chi connectivity index (χ0n) is 21.0. The van der Waals surface area contributed by atoms with Crippen molar-refractivity contribution < 1.29 is 31.7 Å². The lowest BCUT2D eigenvalue weighted by molar-refractivity contribution is 0.0968. The topological polar surface area (TPSA) is 145 Å². The molecular weight excluding hydrogens is 556 g/mol. The molecule has 4 heterocycles. The first kappa shape index (κ1) is 28.8. The van der Waals surface area contributed by atoms with Crippen LogP contribution >= 0.6 is 11.6 Å². The van der Waals surface area contributed by atoms with Crippen molar-refractivity contribution in [1.29, 1.82) is 0 Å². The number of benzene rings is 1. The predicted octanol–water partition coefficient (Wildman–Crippen LogP) is 2.75. The van der Waals surface area contributed by atoms with Gasteiger partial charge in [0.15, 0.2) is 11.6 Å². The molecule has 1 aromatic carbocycles. The van der Waals surface area contributed by atoms with E-state index in [0.717, 1.165) is 0 Å². The molecule has 1 atom stereocenters. The fourth-order valence-electron chi connectivity index (χ4n) is 4.49. The fraction of sp³-hybridized carbons (Fsp3) is 0.320. The van der Waals surface area contributed by atoms with Gasteiger partial charge < -0.3 is 15.7 Å². The van der Waals surface area contributed by atoms with Gasteiger partial charge in [0, 0.05) is 48.6 Å². The Morgan fingerprint density at radius 3 is 2.44 bits per heavy atom. The van der Waals surface area contributed by atoms with Crippen LogP contribution in [0.2, 0.25) is 5.02 Å². The molecule has 208 valence electrons. The van der Waals surface area contributed by atoms with Gasteiger partial charge in [0.1, 0.15) is 11.6 Å². The Morgan fingerprint density at radius 2 is 1.87 bits per heavy atom. The van der Waals surface area contributed by atoms with Gasteiger partial charge in [0.25, 0.3) is 16.0 Å². The second-order valence-electron chi connectivity index (χ2n) is 9.45. The molecule has 4 N–H and O–H groups in total. The van der Waals surface area contributed by atoms with E-state index in [9.17, 15) is 18.3 Å². The summed E-state index contributed by atoms with van der Waals surface area (Å²) >= 11 is 6.09. The lowest BCUT2D eigenvalue weighted by Gasteiger charge is -2.42. The summed E-state index contributed by atoms with van der Waals surface area (Å²) in [6.07, 6.45) is 3.49. The molecule has 5 rings (SSSR count). The summed E-state index contributed by atoms with van der Waals surface area (Å²) in [5.41, 5.74) is -0.475. The van der Waals surface area contributed by atoms with Gasteiger partial charge in [-0.1, -0.05) is 29.8 Å². The van der Waals surface area contributed by atoms with Gasteiger partial charge in [0.2, 0.25) is 0 Å². The van der Waals surface area contributed by atoms with Gasteiger partial charge in [0.05, 0.1) is 29.5 Å². The maximum atomic E-state index is 16.0. The molecule has 2 aliphatic heterocycles. The minimum absolute atomic E-state index is 0.0132. The molecule has 0 radical (unpaired) electrons. The highest BCUT2D eigenvalue weighted by Crippen LogP contribution is 2.44. The average molecular weight is 582 g/mol. The quantitative estimate of drug-likeness (QED) is 0.334. The third kappa shape index (κ3) is 6.02. The van der Waals surface area contributed by atoms with E-state index >= 15 is 8.78 Å². The summed E-state index contributed by atoms with van der Waals surface area (Å²) in [7, 11) is -3.67. The summed E-state index contributed by atoms with van der Waals surface area (Å²) in [5.74, 6) is -1.55. The number of halogens is 3. The summed E-state index contributed by atoms with van der Waals surface area (Å²) < 4.78 is 57.2. The Morgan fingerprint density at radius 1 is 1.18 bits per heavy atom. The number of rotatable bonds is 5. The number of carbonyl (C=O) groups is 1. The van der Waals surface area contributed by atoms with E-state index in [1.165, 1.54) is 23.4 Å². The van der Waals surface area contributed by atoms with Crippen LogP contribution in [0.4, 0.5) is 20.4 Å². The smallest absolute Gasteiger partial charge is 0.261 e. The summed E-state index contributed by atoms with van der Waals surface area (Å²) in [6, 6.07) is 7.81. The SMILES string of the molecule is CS(=O)(=O)O.C[C@]1(c2cccc(Cl)c2F)CN(c2ccc(CO)cn2)C(=O)c2cnc(NC3CNC3)c(F)c21. The van der Waals surface area contributed by atoms with Crippen LogP contribution in [-0.4, -0.2) is 65.9 Å². The van der Waals surface area contributed by atoms with E-state index in [2.05, 4.69) is 20.6 Å². The molecule has 0 spiro atoms. The van der Waals surface area contributed by atoms with Gasteiger partial charge >= 0.3 is 0 Å². The van der Waals surface area contributed by atoms with Crippen molar-refractivity contribution in [2.75, 3.05) is 36.1 Å². The Bertz CT molecular complexity index is 1500. The number of aliphatic hydroxyl groups excluding tert-OH is 1. The molecule has 0 aliphatic carbocycles. The van der Waals surface area contributed by atoms with Crippen molar-refractivity contribution in [3.05, 3.63) is 81.6 Å². The Kier molecular flexibility index (Phi) is 8.19. The number of nitrogens with zero attached hydrogens (tertiary/aromatic N) is 3. The van der Waals surface area contributed by atoms with Crippen molar-refractivity contribution in [3.8, 4) is 0 Å². The molecule has 14 heteroatoms. The Hall–Kier alpha value is -3.23. The van der Waals surface area contributed by atoms with Gasteiger partial charge in [-0.2, -0.15) is 8.42 Å². The fourth-order valence-corrected chi connectivity index (χ4v) is 4.67. The van der Waals surface area contributed by atoms with Crippen molar-refractivity contribution >= 4 is 39.3 Å². The second kappa shape index (κ2) is 11.1. The molecule has 39 heavy (non-hydrogen) atoms. The van der Waals surface area contributed by atoms with Gasteiger partial charge in [-0.25, -0.2) is 18.7 Å². The first-order valence-electron chi connectivity index (χ1n) is 11.7. The number of hydrogen-bond acceptors (Lipinski definition) is 8. The van der Waals surface area contributed by atoms with Crippen molar-refractivity contribution in [2.24, 2.45) is 0 Å². The molecule has 0 unspecified atom stereocenters. The molecule has 1 saturated heterocycles. The standard InChI is InChI=1S/C24H22ClF2N5O2.CH4O3S/c1-24(16-3-2-4-17(25)20(16)26)12-32(18-6-5-13(11-33)7-29-18)23(34)15-10-30-22(21(27)19(15)24)31-14-8-28-9-14;1-5(2,3)4/h2-7,10,14,28,33H,8-9,11-12H2,1H3,(H,30,31);1H3,(H,2,3,4)/t24-;/m1./s1. The minimum Gasteiger partial charge on any atom is -0.392 e. The Balaban J connectivity index is 0.000000648. The van der Waals surface area contributed by atoms with Crippen LogP contribution in [0.3, 0.4) is 0 Å². The van der Waals surface area contributed by atoms with Crippen molar-refractivity contribution in [3.63, 3.8) is 0 Å². The minimum atomic E-state index is -3.67. The number of amides is 1. The van der Waals surface area contributed by atoms with Gasteiger partial charge in [-0.05, 0) is 24.6 Å². The summed E-state index contributed by atoms with van der Waals surface area (Å²) in [4.78, 5) is 23.3. The van der Waals surface area contributed by atoms with Crippen LogP contribution < -0.4 is 15.5 Å². The van der Waals surface area contributed by atoms with E-state index in [0.29, 0.717) is 30.7 Å². The number of carbonyl (C=O) groups excluding carboxylic acids is 1. The molecule has 10 nitrogen and oxygen atoms in total. The van der Waals surface area contributed by atoms with Crippen molar-refractivity contribution in [1.82, 2.24) is 15.3 Å². The number of pyridine rings is 2. The largest absolute Gasteiger partial charge is 0.392 e. The molecule has 2 aliphatic rings. The van der Waals surface area contributed by atoms with E-state index in [-0.39, 0.29) is 46.7 Å². The van der Waals surface area contributed by atoms with Crippen LogP contribution in [0.25, 0.3) is 0 Å². The second-order valence-corrected chi connectivity index (χ2v) is 11.3. The lowest BCUT2D eigenvalue weighted by Crippen LogP contribution is -2.52. The molecule has 3 aromatic rings. The highest BCUT2D eigenvalue weighted by atomic mass is 35.5. The third-order valence-corrected chi connectivity index (χ3v) is 6.75. The normalized spacial score (nSPS) is 19.1. The van der Waals surface area contributed by atoms with Gasteiger partial charge in [-0.15, -0.1) is 0 Å². The summed E-state index contributed by atoms with van der Waals surface area (Å²) in [6.45, 7) is 2.74. The molecule has 0 saturated carbocycles. The highest BCUT2D eigenvalue weighted by Gasteiger charge is 2.46. The van der Waals surface area contributed by atoms with Gasteiger partial charge in [-0.3, -0.25) is 14.2 Å². The van der Waals surface area contributed by atoms with Crippen LogP contribution in [-0.2, 0) is 22.1 Å². The first-order valence-corrected chi connectivity index (χ1v) is 14.0. The van der Waals surface area contributed by atoms with E-state index in [1.54, 1.807) is 31.2 Å². The zero-order chi connectivity index (χ0) is 28.5. The number of aromatic nitrogens is 2. The maximum Gasteiger partial charge on any atom is 0.261 e. The molecule has 2 aromatic heterocycles. The number of aliphatic hydroxyl groups is 1. The predicted molar refractivity (Wildman–Crippen MR) is 142 cm³/mol. The molecular formula is C25H26ClF2N5O5S.